The molecule has 0 aromatic heterocycles. The Morgan fingerprint density at radius 1 is 0.828 bits per heavy atom. The molecule has 1 aliphatic heterocycles. The average Bonchev–Trinajstić information content (AvgIpc) is 2.68. The molecule has 1 saturated carbocycles. The van der Waals surface area contributed by atoms with E-state index in [-0.39, 0.29) is 5.25 Å². The predicted molar refractivity (Wildman–Crippen MR) is 126 cm³/mol. The van der Waals surface area contributed by atoms with Crippen LogP contribution in [0.4, 0.5) is 0 Å². The van der Waals surface area contributed by atoms with Crippen molar-refractivity contribution in [2.24, 2.45) is 5.92 Å². The first-order valence-electron chi connectivity index (χ1n) is 9.78. The second kappa shape index (κ2) is 10.3. The van der Waals surface area contributed by atoms with Crippen molar-refractivity contribution < 1.29 is 13.4 Å². The van der Waals surface area contributed by atoms with Gasteiger partial charge in [-0.15, -0.1) is 4.21 Å². The maximum atomic E-state index is 13.9. The zero-order valence-corrected chi connectivity index (χ0v) is 21.2. The molecule has 2 fully saturated rings. The van der Waals surface area contributed by atoms with Crippen LogP contribution in [-0.2, 0) is 23.3 Å². The summed E-state index contributed by atoms with van der Waals surface area (Å²) in [5.41, 5.74) is 2.72. The van der Waals surface area contributed by atoms with E-state index in [2.05, 4.69) is 66.9 Å². The molecule has 7 heteroatoms. The molecule has 2 aromatic carbocycles. The Balaban J connectivity index is 0.000000431. The zero-order valence-electron chi connectivity index (χ0n) is 16.3. The number of fused-ring (bicyclic) bond motifs is 1. The molecule has 0 spiro atoms. The Morgan fingerprint density at radius 3 is 1.86 bits per heavy atom. The van der Waals surface area contributed by atoms with Gasteiger partial charge < -0.3 is 0 Å². The predicted octanol–water partition coefficient (Wildman–Crippen LogP) is 8.36. The van der Waals surface area contributed by atoms with Gasteiger partial charge in [0, 0.05) is 17.9 Å². The summed E-state index contributed by atoms with van der Waals surface area (Å²) in [5, 5.41) is 0.582. The summed E-state index contributed by atoms with van der Waals surface area (Å²) < 4.78 is 13.9. The van der Waals surface area contributed by atoms with Crippen LogP contribution in [0.1, 0.15) is 54.4 Å². The average molecular weight is 537 g/mol. The molecule has 5 atom stereocenters. The van der Waals surface area contributed by atoms with Crippen molar-refractivity contribution in [3.63, 3.8) is 0 Å². The van der Waals surface area contributed by atoms with Crippen LogP contribution in [0.5, 0.6) is 0 Å². The van der Waals surface area contributed by atoms with Crippen molar-refractivity contribution >= 4 is 50.3 Å². The van der Waals surface area contributed by atoms with Gasteiger partial charge in [0.1, 0.15) is 16.8 Å². The van der Waals surface area contributed by atoms with Crippen LogP contribution in [0.25, 0.3) is 0 Å². The summed E-state index contributed by atoms with van der Waals surface area (Å²) in [6.45, 7) is 0. The summed E-state index contributed by atoms with van der Waals surface area (Å²) in [6.07, 6.45) is 8.05. The number of halogens is 4. The Bertz CT molecular complexity index is 822. The summed E-state index contributed by atoms with van der Waals surface area (Å²) in [6, 6.07) is 21.6. The van der Waals surface area contributed by atoms with Crippen molar-refractivity contribution in [1.82, 2.24) is 0 Å². The number of hydrogen-bond donors (Lipinski definition) is 0. The van der Waals surface area contributed by atoms with Gasteiger partial charge in [0.2, 0.25) is 0 Å². The molecular weight excluding hydrogens is 510 g/mol. The van der Waals surface area contributed by atoms with Gasteiger partial charge in [-0.1, -0.05) is 67.1 Å². The minimum atomic E-state index is -2.61. The molecular formula is C22H27Cl4FeOS. The summed E-state index contributed by atoms with van der Waals surface area (Å²) in [4.78, 5) is 0. The Morgan fingerprint density at radius 2 is 1.31 bits per heavy atom. The van der Waals surface area contributed by atoms with E-state index in [1.807, 2.05) is 0 Å². The van der Waals surface area contributed by atoms with Crippen LogP contribution < -0.4 is 0 Å². The van der Waals surface area contributed by atoms with E-state index >= 15 is 0 Å². The Hall–Kier alpha value is 0.269. The molecule has 1 nitrogen and oxygen atoms in total. The van der Waals surface area contributed by atoms with Gasteiger partial charge in [0.25, 0.3) is 0 Å². The topological polar surface area (TPSA) is 17.1 Å². The third-order valence-corrected chi connectivity index (χ3v) is 9.69. The van der Waals surface area contributed by atoms with E-state index < -0.39 is 19.1 Å². The molecule has 1 aliphatic carbocycles. The van der Waals surface area contributed by atoms with Crippen LogP contribution in [0.3, 0.4) is 0 Å². The number of benzene rings is 2. The molecule has 2 aliphatic rings. The van der Waals surface area contributed by atoms with Crippen LogP contribution in [0.15, 0.2) is 60.7 Å². The molecule has 163 valence electrons. The van der Waals surface area contributed by atoms with Crippen LogP contribution in [0, 0.1) is 5.92 Å². The van der Waals surface area contributed by atoms with Crippen molar-refractivity contribution in [2.75, 3.05) is 6.26 Å². The van der Waals surface area contributed by atoms with Crippen molar-refractivity contribution in [2.45, 2.75) is 48.5 Å². The number of hydrogen-bond acceptors (Lipinski definition) is 1. The molecule has 0 amide bonds. The monoisotopic (exact) mass is 535 g/mol. The quantitative estimate of drug-likeness (QED) is 0.278. The van der Waals surface area contributed by atoms with E-state index in [1.165, 1.54) is 30.4 Å². The summed E-state index contributed by atoms with van der Waals surface area (Å²) >= 11 is 0. The van der Waals surface area contributed by atoms with E-state index in [4.69, 9.17) is 40.4 Å². The van der Waals surface area contributed by atoms with Gasteiger partial charge in [-0.2, -0.15) is 0 Å². The third-order valence-electron chi connectivity index (χ3n) is 6.30. The van der Waals surface area contributed by atoms with E-state index in [0.29, 0.717) is 17.1 Å². The van der Waals surface area contributed by atoms with Crippen LogP contribution >= 0.6 is 40.4 Å². The fraction of sp³-hybridized carbons (Fsp3) is 0.455. The third kappa shape index (κ3) is 6.39. The first kappa shape index (κ1) is 23.9. The van der Waals surface area contributed by atoms with Crippen molar-refractivity contribution in [1.29, 1.82) is 0 Å². The molecule has 2 aromatic rings. The van der Waals surface area contributed by atoms with E-state index in [0.717, 1.165) is 12.8 Å². The molecule has 0 N–H and O–H groups in total. The second-order valence-corrected chi connectivity index (χ2v) is 22.0. The van der Waals surface area contributed by atoms with Crippen LogP contribution in [0.2, 0.25) is 0 Å². The molecule has 5 unspecified atom stereocenters. The molecule has 0 radical (unpaired) electrons. The summed E-state index contributed by atoms with van der Waals surface area (Å²) in [7, 11) is 15.3. The van der Waals surface area contributed by atoms with Gasteiger partial charge in [0.05, 0.1) is 9.93 Å². The van der Waals surface area contributed by atoms with E-state index in [1.54, 1.807) is 0 Å². The standard InChI is InChI=1S/C22H27OS.4ClH.Fe/c1-24(23)21-15-9-8-14-19(21)20(17-10-4-2-5-11-17)16-22(24)18-12-6-3-7-13-18;;;;;/h2-7,10-13,19-22H,8-9,14-16H2,1H3;4*1H;/q+1;;;;;+3/p-4. The fourth-order valence-electron chi connectivity index (χ4n) is 5.13. The van der Waals surface area contributed by atoms with Gasteiger partial charge in [-0.25, -0.2) is 0 Å². The van der Waals surface area contributed by atoms with Crippen molar-refractivity contribution in [3.8, 4) is 0 Å². The normalized spacial score (nSPS) is 32.4. The van der Waals surface area contributed by atoms with Gasteiger partial charge in [-0.3, -0.25) is 0 Å². The first-order chi connectivity index (χ1) is 13.7. The fourth-order valence-corrected chi connectivity index (χ4v) is 8.50. The molecule has 0 bridgehead atoms. The van der Waals surface area contributed by atoms with Gasteiger partial charge >= 0.3 is 49.6 Å². The maximum absolute atomic E-state index is 13.9. The zero-order chi connectivity index (χ0) is 21.1. The Labute approximate surface area is 195 Å². The van der Waals surface area contributed by atoms with Crippen molar-refractivity contribution in [3.05, 3.63) is 71.8 Å². The molecule has 29 heavy (non-hydrogen) atoms. The SMILES string of the molecule is C[S+]1(=O)C(c2ccccc2)CC(c2ccccc2)C2CCCCC21.[Cl][Fe-]([Cl])([Cl])[Cl]. The van der Waals surface area contributed by atoms with Gasteiger partial charge in [0.15, 0.2) is 0 Å². The second-order valence-electron chi connectivity index (χ2n) is 7.91. The van der Waals surface area contributed by atoms with Crippen LogP contribution in [-0.4, -0.2) is 11.5 Å². The summed E-state index contributed by atoms with van der Waals surface area (Å²) in [5.74, 6) is 1.15. The Kier molecular flexibility index (Phi) is 8.46. The first-order valence-corrected chi connectivity index (χ1v) is 17.9. The van der Waals surface area contributed by atoms with E-state index in [9.17, 15) is 4.21 Å². The van der Waals surface area contributed by atoms with Gasteiger partial charge in [-0.05, 0) is 30.7 Å². The minimum absolute atomic E-state index is 0.197. The molecule has 1 heterocycles. The molecule has 1 saturated heterocycles. The molecule has 4 rings (SSSR count). The number of rotatable bonds is 2.